The summed E-state index contributed by atoms with van der Waals surface area (Å²) in [5, 5.41) is 3.56. The van der Waals surface area contributed by atoms with E-state index in [1.54, 1.807) is 0 Å². The molecule has 2 aliphatic rings. The summed E-state index contributed by atoms with van der Waals surface area (Å²) in [5.74, 6) is 1.73. The first kappa shape index (κ1) is 20.0. The van der Waals surface area contributed by atoms with E-state index in [0.717, 1.165) is 25.6 Å². The maximum Gasteiger partial charge on any atom is 0.310 e. The molecule has 3 unspecified atom stereocenters. The Morgan fingerprint density at radius 3 is 2.72 bits per heavy atom. The highest BCUT2D eigenvalue weighted by molar-refractivity contribution is 5.82. The molecule has 0 aliphatic carbocycles. The number of nitrogens with one attached hydrogen (secondary N) is 1. The summed E-state index contributed by atoms with van der Waals surface area (Å²) in [6, 6.07) is 0.573. The number of esters is 1. The number of methoxy groups -OCH3 is 1. The molecule has 2 rings (SSSR count). The van der Waals surface area contributed by atoms with Crippen molar-refractivity contribution in [1.29, 1.82) is 0 Å². The second kappa shape index (κ2) is 9.41. The molecule has 0 aromatic heterocycles. The number of guanidine groups is 1. The largest absolute Gasteiger partial charge is 0.469 e. The fourth-order valence-corrected chi connectivity index (χ4v) is 4.14. The van der Waals surface area contributed by atoms with E-state index in [-0.39, 0.29) is 17.8 Å². The van der Waals surface area contributed by atoms with Crippen molar-refractivity contribution in [1.82, 2.24) is 15.1 Å². The van der Waals surface area contributed by atoms with Gasteiger partial charge in [0.05, 0.1) is 13.0 Å². The molecule has 0 aromatic rings. The first-order chi connectivity index (χ1) is 12.0. The molecular weight excluding hydrogens is 316 g/mol. The number of hydrogen-bond acceptors (Lipinski definition) is 4. The summed E-state index contributed by atoms with van der Waals surface area (Å²) in [5.41, 5.74) is 0. The van der Waals surface area contributed by atoms with E-state index in [9.17, 15) is 4.79 Å². The first-order valence-electron chi connectivity index (χ1n) is 9.73. The molecular formula is C19H36N4O2. The number of nitrogens with zero attached hydrogens (tertiary/aromatic N) is 3. The molecule has 0 saturated carbocycles. The fraction of sp³-hybridized carbons (Fsp3) is 0.895. The van der Waals surface area contributed by atoms with Crippen LogP contribution in [-0.2, 0) is 9.53 Å². The molecule has 3 atom stereocenters. The third kappa shape index (κ3) is 5.33. The maximum absolute atomic E-state index is 11.9. The second-order valence-corrected chi connectivity index (χ2v) is 7.98. The average Bonchev–Trinajstić information content (AvgIpc) is 2.97. The van der Waals surface area contributed by atoms with Crippen LogP contribution in [0.15, 0.2) is 4.99 Å². The Morgan fingerprint density at radius 2 is 2.08 bits per heavy atom. The van der Waals surface area contributed by atoms with E-state index < -0.39 is 0 Å². The molecule has 2 aliphatic heterocycles. The molecule has 0 bridgehead atoms. The van der Waals surface area contributed by atoms with Crippen molar-refractivity contribution in [2.45, 2.75) is 46.1 Å². The van der Waals surface area contributed by atoms with E-state index in [0.29, 0.717) is 18.5 Å². The molecule has 0 spiro atoms. The van der Waals surface area contributed by atoms with Gasteiger partial charge in [0.1, 0.15) is 0 Å². The average molecular weight is 353 g/mol. The van der Waals surface area contributed by atoms with Crippen molar-refractivity contribution >= 4 is 11.9 Å². The Balaban J connectivity index is 1.90. The lowest BCUT2D eigenvalue weighted by Crippen LogP contribution is -2.50. The van der Waals surface area contributed by atoms with Gasteiger partial charge in [-0.1, -0.05) is 27.2 Å². The summed E-state index contributed by atoms with van der Waals surface area (Å²) in [4.78, 5) is 21.2. The van der Waals surface area contributed by atoms with Crippen LogP contribution in [0.25, 0.3) is 0 Å². The van der Waals surface area contributed by atoms with Crippen LogP contribution in [0.5, 0.6) is 0 Å². The predicted octanol–water partition coefficient (Wildman–Crippen LogP) is 1.81. The number of piperidine rings is 1. The molecule has 2 fully saturated rings. The third-order valence-electron chi connectivity index (χ3n) is 5.47. The number of hydrogen-bond donors (Lipinski definition) is 1. The van der Waals surface area contributed by atoms with Crippen molar-refractivity contribution in [3.05, 3.63) is 0 Å². The third-order valence-corrected chi connectivity index (χ3v) is 5.47. The lowest BCUT2D eigenvalue weighted by atomic mass is 9.99. The molecule has 2 saturated heterocycles. The Morgan fingerprint density at radius 1 is 1.32 bits per heavy atom. The minimum absolute atomic E-state index is 0.0596. The van der Waals surface area contributed by atoms with Gasteiger partial charge < -0.3 is 15.0 Å². The van der Waals surface area contributed by atoms with Gasteiger partial charge in [0.25, 0.3) is 0 Å². The van der Waals surface area contributed by atoms with Crippen molar-refractivity contribution in [3.8, 4) is 0 Å². The van der Waals surface area contributed by atoms with Crippen LogP contribution in [0, 0.1) is 17.8 Å². The number of ether oxygens (including phenoxy) is 1. The summed E-state index contributed by atoms with van der Waals surface area (Å²) in [6.45, 7) is 11.5. The Hall–Kier alpha value is -1.30. The smallest absolute Gasteiger partial charge is 0.310 e. The van der Waals surface area contributed by atoms with Crippen LogP contribution in [-0.4, -0.2) is 74.7 Å². The number of carbonyl (C=O) groups is 1. The van der Waals surface area contributed by atoms with Gasteiger partial charge in [-0.2, -0.15) is 0 Å². The minimum atomic E-state index is -0.110. The predicted molar refractivity (Wildman–Crippen MR) is 102 cm³/mol. The normalized spacial score (nSPS) is 28.5. The Labute approximate surface area is 153 Å². The molecule has 6 heteroatoms. The monoisotopic (exact) mass is 352 g/mol. The van der Waals surface area contributed by atoms with Gasteiger partial charge in [-0.3, -0.25) is 14.7 Å². The van der Waals surface area contributed by atoms with Gasteiger partial charge in [-0.05, 0) is 31.2 Å². The molecule has 144 valence electrons. The van der Waals surface area contributed by atoms with Gasteiger partial charge in [0.2, 0.25) is 0 Å². The molecule has 2 heterocycles. The summed E-state index contributed by atoms with van der Waals surface area (Å²) in [6.07, 6.45) is 3.87. The highest BCUT2D eigenvalue weighted by atomic mass is 16.5. The van der Waals surface area contributed by atoms with Gasteiger partial charge in [-0.15, -0.1) is 0 Å². The van der Waals surface area contributed by atoms with Crippen LogP contribution >= 0.6 is 0 Å². The summed E-state index contributed by atoms with van der Waals surface area (Å²) in [7, 11) is 3.29. The molecule has 25 heavy (non-hydrogen) atoms. The molecule has 1 N–H and O–H groups in total. The minimum Gasteiger partial charge on any atom is -0.469 e. The molecule has 0 amide bonds. The van der Waals surface area contributed by atoms with E-state index in [2.05, 4.69) is 40.9 Å². The van der Waals surface area contributed by atoms with Gasteiger partial charge in [0, 0.05) is 39.3 Å². The quantitative estimate of drug-likeness (QED) is 0.465. The van der Waals surface area contributed by atoms with Crippen molar-refractivity contribution < 1.29 is 9.53 Å². The Kier molecular flexibility index (Phi) is 7.54. The van der Waals surface area contributed by atoms with Gasteiger partial charge in [-0.25, -0.2) is 0 Å². The maximum atomic E-state index is 11.9. The lowest BCUT2D eigenvalue weighted by molar-refractivity contribution is -0.145. The number of likely N-dealkylation sites (tertiary alicyclic amines) is 2. The SMILES string of the molecule is CN=C(NCC1CCCCN1CC(C)C)N1CC(C)C(C(=O)OC)C1. The number of rotatable bonds is 5. The van der Waals surface area contributed by atoms with Crippen molar-refractivity contribution in [2.24, 2.45) is 22.7 Å². The van der Waals surface area contributed by atoms with Crippen LogP contribution in [0.3, 0.4) is 0 Å². The molecule has 0 radical (unpaired) electrons. The Bertz CT molecular complexity index is 466. The number of carbonyl (C=O) groups excluding carboxylic acids is 1. The topological polar surface area (TPSA) is 57.2 Å². The van der Waals surface area contributed by atoms with Crippen LogP contribution in [0.2, 0.25) is 0 Å². The van der Waals surface area contributed by atoms with Crippen LogP contribution in [0.1, 0.15) is 40.0 Å². The van der Waals surface area contributed by atoms with Crippen LogP contribution < -0.4 is 5.32 Å². The van der Waals surface area contributed by atoms with E-state index in [1.165, 1.54) is 32.9 Å². The van der Waals surface area contributed by atoms with Gasteiger partial charge >= 0.3 is 5.97 Å². The molecule has 0 aromatic carbocycles. The summed E-state index contributed by atoms with van der Waals surface area (Å²) >= 11 is 0. The standard InChI is InChI=1S/C19H36N4O2/c1-14(2)11-22-9-7-6-8-16(22)10-21-19(20-4)23-12-15(3)17(13-23)18(24)25-5/h14-17H,6-13H2,1-5H3,(H,20,21). The molecule has 6 nitrogen and oxygen atoms in total. The zero-order valence-corrected chi connectivity index (χ0v) is 16.6. The van der Waals surface area contributed by atoms with E-state index in [4.69, 9.17) is 4.74 Å². The van der Waals surface area contributed by atoms with Crippen molar-refractivity contribution in [2.75, 3.05) is 46.9 Å². The fourth-order valence-electron chi connectivity index (χ4n) is 4.14. The second-order valence-electron chi connectivity index (χ2n) is 7.98. The highest BCUT2D eigenvalue weighted by Crippen LogP contribution is 2.24. The van der Waals surface area contributed by atoms with Crippen LogP contribution in [0.4, 0.5) is 0 Å². The first-order valence-corrected chi connectivity index (χ1v) is 9.73. The van der Waals surface area contributed by atoms with E-state index >= 15 is 0 Å². The van der Waals surface area contributed by atoms with E-state index in [1.807, 2.05) is 7.05 Å². The highest BCUT2D eigenvalue weighted by Gasteiger charge is 2.37. The van der Waals surface area contributed by atoms with Crippen molar-refractivity contribution in [3.63, 3.8) is 0 Å². The number of aliphatic imine (C=N–C) groups is 1. The summed E-state index contributed by atoms with van der Waals surface area (Å²) < 4.78 is 4.94. The zero-order valence-electron chi connectivity index (χ0n) is 16.6. The lowest BCUT2D eigenvalue weighted by Gasteiger charge is -2.37. The zero-order chi connectivity index (χ0) is 18.4. The van der Waals surface area contributed by atoms with Gasteiger partial charge in [0.15, 0.2) is 5.96 Å².